The number of allylic oxidation sites excluding steroid dienone is 3. The molecule has 0 heterocycles. The van der Waals surface area contributed by atoms with Crippen molar-refractivity contribution in [2.24, 2.45) is 0 Å². The molecule has 0 radical (unpaired) electrons. The molecule has 0 amide bonds. The lowest BCUT2D eigenvalue weighted by Crippen LogP contribution is -1.76. The zero-order chi connectivity index (χ0) is 8.81. The number of aryl methyl sites for hydroxylation is 1. The Bertz CT molecular complexity index is 293. The van der Waals surface area contributed by atoms with Gasteiger partial charge in [-0.15, -0.1) is 0 Å². The van der Waals surface area contributed by atoms with Crippen LogP contribution in [0.1, 0.15) is 32.9 Å². The topological polar surface area (TPSA) is 0 Å². The Morgan fingerprint density at radius 1 is 1.00 bits per heavy atom. The van der Waals surface area contributed by atoms with Crippen LogP contribution in [0.25, 0.3) is 6.08 Å². The van der Waals surface area contributed by atoms with Gasteiger partial charge in [0.1, 0.15) is 0 Å². The van der Waals surface area contributed by atoms with Crippen molar-refractivity contribution in [3.8, 4) is 0 Å². The van der Waals surface area contributed by atoms with Gasteiger partial charge in [0.25, 0.3) is 0 Å². The number of benzene rings is 1. The highest BCUT2D eigenvalue weighted by molar-refractivity contribution is 5.54. The maximum atomic E-state index is 2.12. The molecule has 1 rings (SSSR count). The predicted octanol–water partition coefficient (Wildman–Crippen LogP) is 4.86. The van der Waals surface area contributed by atoms with Crippen molar-refractivity contribution in [2.75, 3.05) is 0 Å². The van der Waals surface area contributed by atoms with Gasteiger partial charge in [-0.2, -0.15) is 0 Å². The van der Waals surface area contributed by atoms with Crippen LogP contribution in [-0.2, 0) is 0 Å². The van der Waals surface area contributed by atoms with Gasteiger partial charge >= 0.3 is 0 Å². The van der Waals surface area contributed by atoms with Crippen molar-refractivity contribution in [3.63, 3.8) is 0 Å². The Balaban J connectivity index is 0. The van der Waals surface area contributed by atoms with Gasteiger partial charge in [0.05, 0.1) is 0 Å². The lowest BCUT2D eigenvalue weighted by atomic mass is 10.1. The van der Waals surface area contributed by atoms with Crippen LogP contribution in [0.5, 0.6) is 0 Å². The first-order valence-corrected chi connectivity index (χ1v) is 4.19. The van der Waals surface area contributed by atoms with Gasteiger partial charge in [-0.25, -0.2) is 0 Å². The molecule has 0 heteroatoms. The van der Waals surface area contributed by atoms with Crippen molar-refractivity contribution < 1.29 is 0 Å². The van der Waals surface area contributed by atoms with Crippen molar-refractivity contribution in [1.29, 1.82) is 0 Å². The summed E-state index contributed by atoms with van der Waals surface area (Å²) >= 11 is 0. The van der Waals surface area contributed by atoms with E-state index in [9.17, 15) is 0 Å². The summed E-state index contributed by atoms with van der Waals surface area (Å²) < 4.78 is 0. The number of hydrogen-bond acceptors (Lipinski definition) is 0. The van der Waals surface area contributed by atoms with Crippen molar-refractivity contribution in [3.05, 3.63) is 53.6 Å². The Kier molecular flexibility index (Phi) is 9.01. The average Bonchev–Trinajstić information content (AvgIpc) is 2.09. The van der Waals surface area contributed by atoms with Gasteiger partial charge in [-0.05, 0) is 25.0 Å². The lowest BCUT2D eigenvalue weighted by molar-refractivity contribution is 1.44. The van der Waals surface area contributed by atoms with Crippen LogP contribution in [0.3, 0.4) is 0 Å². The monoisotopic (exact) mass is 190 g/mol. The van der Waals surface area contributed by atoms with Crippen LogP contribution in [0.2, 0.25) is 0 Å². The molecule has 1 aromatic carbocycles. The molecule has 1 aromatic rings. The largest absolute Gasteiger partial charge is 0.0877 e. The molecular formula is C14H22. The van der Waals surface area contributed by atoms with E-state index in [4.69, 9.17) is 0 Å². The summed E-state index contributed by atoms with van der Waals surface area (Å²) in [5.74, 6) is 0. The Morgan fingerprint density at radius 2 is 1.64 bits per heavy atom. The molecule has 78 valence electrons. The summed E-state index contributed by atoms with van der Waals surface area (Å²) in [6.45, 7) is 4.14. The molecule has 0 aliphatic carbocycles. The fourth-order valence-electron chi connectivity index (χ4n) is 1.04. The van der Waals surface area contributed by atoms with Crippen LogP contribution >= 0.6 is 0 Å². The summed E-state index contributed by atoms with van der Waals surface area (Å²) in [7, 11) is 0. The van der Waals surface area contributed by atoms with E-state index in [0.717, 1.165) is 0 Å². The Morgan fingerprint density at radius 3 is 2.21 bits per heavy atom. The van der Waals surface area contributed by atoms with E-state index in [2.05, 4.69) is 43.3 Å². The van der Waals surface area contributed by atoms with Gasteiger partial charge < -0.3 is 0 Å². The van der Waals surface area contributed by atoms with E-state index >= 15 is 0 Å². The van der Waals surface area contributed by atoms with Crippen molar-refractivity contribution in [2.45, 2.75) is 28.7 Å². The molecule has 0 N–H and O–H groups in total. The van der Waals surface area contributed by atoms with Gasteiger partial charge in [0.2, 0.25) is 0 Å². The maximum absolute atomic E-state index is 2.12. The SMILES string of the molecule is C.C.C/C=C\C=C/c1ccccc1C. The molecule has 0 aromatic heterocycles. The molecule has 0 aliphatic rings. The molecule has 0 unspecified atom stereocenters. The third-order valence-corrected chi connectivity index (χ3v) is 1.77. The fourth-order valence-corrected chi connectivity index (χ4v) is 1.04. The Hall–Kier alpha value is -1.30. The fraction of sp³-hybridized carbons (Fsp3) is 0.286. The maximum Gasteiger partial charge on any atom is -0.0227 e. The van der Waals surface area contributed by atoms with Crippen LogP contribution in [-0.4, -0.2) is 0 Å². The third kappa shape index (κ3) is 4.66. The first-order chi connectivity index (χ1) is 5.84. The van der Waals surface area contributed by atoms with Gasteiger partial charge in [-0.1, -0.05) is 63.4 Å². The van der Waals surface area contributed by atoms with Crippen LogP contribution < -0.4 is 0 Å². The third-order valence-electron chi connectivity index (χ3n) is 1.77. The minimum Gasteiger partial charge on any atom is -0.0877 e. The summed E-state index contributed by atoms with van der Waals surface area (Å²) in [5, 5.41) is 0. The van der Waals surface area contributed by atoms with Gasteiger partial charge in [-0.3, -0.25) is 0 Å². The standard InChI is InChI=1S/C12H14.2CH4/c1-3-4-5-9-12-10-7-6-8-11(12)2;;/h3-10H,1-2H3;2*1H4/b4-3-,9-5-;;. The summed E-state index contributed by atoms with van der Waals surface area (Å²) in [6.07, 6.45) is 8.24. The normalized spacial score (nSPS) is 9.86. The summed E-state index contributed by atoms with van der Waals surface area (Å²) in [6, 6.07) is 8.36. The molecule has 0 atom stereocenters. The molecule has 0 spiro atoms. The second kappa shape index (κ2) is 8.31. The van der Waals surface area contributed by atoms with Crippen molar-refractivity contribution in [1.82, 2.24) is 0 Å². The first kappa shape index (κ1) is 15.2. The molecule has 14 heavy (non-hydrogen) atoms. The zero-order valence-corrected chi connectivity index (χ0v) is 7.62. The highest BCUT2D eigenvalue weighted by Gasteiger charge is 1.88. The highest BCUT2D eigenvalue weighted by atomic mass is 13.9. The first-order valence-electron chi connectivity index (χ1n) is 4.19. The van der Waals surface area contributed by atoms with E-state index < -0.39 is 0 Å². The van der Waals surface area contributed by atoms with E-state index in [1.807, 2.05) is 19.1 Å². The van der Waals surface area contributed by atoms with Gasteiger partial charge in [0, 0.05) is 0 Å². The lowest BCUT2D eigenvalue weighted by Gasteiger charge is -1.96. The molecular weight excluding hydrogens is 168 g/mol. The summed E-state index contributed by atoms with van der Waals surface area (Å²) in [5.41, 5.74) is 2.61. The minimum atomic E-state index is 0. The number of rotatable bonds is 2. The smallest absolute Gasteiger partial charge is 0.0227 e. The van der Waals surface area contributed by atoms with E-state index in [1.165, 1.54) is 11.1 Å². The van der Waals surface area contributed by atoms with E-state index in [-0.39, 0.29) is 14.9 Å². The molecule has 0 aliphatic heterocycles. The van der Waals surface area contributed by atoms with Crippen LogP contribution in [0.15, 0.2) is 42.5 Å². The second-order valence-electron chi connectivity index (χ2n) is 2.74. The predicted molar refractivity (Wildman–Crippen MR) is 68.5 cm³/mol. The molecule has 0 fully saturated rings. The molecule has 0 saturated heterocycles. The average molecular weight is 190 g/mol. The van der Waals surface area contributed by atoms with Crippen LogP contribution in [0, 0.1) is 6.92 Å². The van der Waals surface area contributed by atoms with Crippen molar-refractivity contribution >= 4 is 6.08 Å². The molecule has 0 bridgehead atoms. The quantitative estimate of drug-likeness (QED) is 0.584. The highest BCUT2D eigenvalue weighted by Crippen LogP contribution is 2.08. The van der Waals surface area contributed by atoms with E-state index in [1.54, 1.807) is 0 Å². The number of hydrogen-bond donors (Lipinski definition) is 0. The second-order valence-corrected chi connectivity index (χ2v) is 2.74. The molecule has 0 saturated carbocycles. The Labute approximate surface area is 89.0 Å². The molecule has 0 nitrogen and oxygen atoms in total. The van der Waals surface area contributed by atoms with Crippen LogP contribution in [0.4, 0.5) is 0 Å². The minimum absolute atomic E-state index is 0. The van der Waals surface area contributed by atoms with E-state index in [0.29, 0.717) is 0 Å². The van der Waals surface area contributed by atoms with Gasteiger partial charge in [0.15, 0.2) is 0 Å². The summed E-state index contributed by atoms with van der Waals surface area (Å²) in [4.78, 5) is 0. The zero-order valence-electron chi connectivity index (χ0n) is 7.62.